The van der Waals surface area contributed by atoms with Crippen molar-refractivity contribution in [1.29, 1.82) is 0 Å². The lowest BCUT2D eigenvalue weighted by molar-refractivity contribution is 0.0322. The van der Waals surface area contributed by atoms with Crippen molar-refractivity contribution in [1.82, 2.24) is 14.9 Å². The van der Waals surface area contributed by atoms with Gasteiger partial charge in [0.25, 0.3) is 5.56 Å². The number of nitrogens with zero attached hydrogens (tertiary/aromatic N) is 2. The van der Waals surface area contributed by atoms with Crippen LogP contribution < -0.4 is 10.3 Å². The van der Waals surface area contributed by atoms with Crippen molar-refractivity contribution in [3.8, 4) is 5.75 Å². The van der Waals surface area contributed by atoms with Crippen LogP contribution in [0.4, 0.5) is 0 Å². The highest BCUT2D eigenvalue weighted by Gasteiger charge is 2.10. The van der Waals surface area contributed by atoms with Crippen LogP contribution >= 0.6 is 0 Å². The summed E-state index contributed by atoms with van der Waals surface area (Å²) in [4.78, 5) is 21.1. The Hall–Kier alpha value is -1.92. The van der Waals surface area contributed by atoms with Crippen LogP contribution in [0, 0.1) is 6.92 Å². The molecule has 0 amide bonds. The summed E-state index contributed by atoms with van der Waals surface area (Å²) in [7, 11) is 0. The number of morpholine rings is 1. The Labute approximate surface area is 122 Å². The van der Waals surface area contributed by atoms with Gasteiger partial charge in [0.05, 0.1) is 24.1 Å². The number of hydrogen-bond acceptors (Lipinski definition) is 5. The van der Waals surface area contributed by atoms with Crippen molar-refractivity contribution in [3.05, 3.63) is 34.4 Å². The fourth-order valence-electron chi connectivity index (χ4n) is 2.44. The van der Waals surface area contributed by atoms with Gasteiger partial charge in [-0.05, 0) is 19.1 Å². The fourth-order valence-corrected chi connectivity index (χ4v) is 2.44. The highest BCUT2D eigenvalue weighted by Crippen LogP contribution is 2.16. The predicted molar refractivity (Wildman–Crippen MR) is 79.9 cm³/mol. The van der Waals surface area contributed by atoms with Crippen molar-refractivity contribution >= 4 is 10.9 Å². The molecule has 2 heterocycles. The van der Waals surface area contributed by atoms with Crippen molar-refractivity contribution in [2.75, 3.05) is 39.5 Å². The Morgan fingerprint density at radius 3 is 3.00 bits per heavy atom. The Morgan fingerprint density at radius 2 is 2.19 bits per heavy atom. The first-order valence-corrected chi connectivity index (χ1v) is 7.16. The van der Waals surface area contributed by atoms with Gasteiger partial charge in [0.1, 0.15) is 18.2 Å². The van der Waals surface area contributed by atoms with Gasteiger partial charge >= 0.3 is 0 Å². The summed E-state index contributed by atoms with van der Waals surface area (Å²) in [6.45, 7) is 6.77. The number of ether oxygens (including phenoxy) is 2. The lowest BCUT2D eigenvalue weighted by Crippen LogP contribution is -2.38. The highest BCUT2D eigenvalue weighted by atomic mass is 16.5. The lowest BCUT2D eigenvalue weighted by Gasteiger charge is -2.26. The summed E-state index contributed by atoms with van der Waals surface area (Å²) in [6.07, 6.45) is 0. The summed E-state index contributed by atoms with van der Waals surface area (Å²) < 4.78 is 11.1. The van der Waals surface area contributed by atoms with E-state index < -0.39 is 0 Å². The molecule has 6 nitrogen and oxygen atoms in total. The highest BCUT2D eigenvalue weighted by molar-refractivity contribution is 5.78. The summed E-state index contributed by atoms with van der Waals surface area (Å²) in [5.41, 5.74) is 0.553. The number of hydrogen-bond donors (Lipinski definition) is 1. The summed E-state index contributed by atoms with van der Waals surface area (Å²) in [6, 6.07) is 5.38. The first kappa shape index (κ1) is 14.0. The third-order valence-electron chi connectivity index (χ3n) is 3.58. The molecule has 1 N–H and O–H groups in total. The van der Waals surface area contributed by atoms with Crippen molar-refractivity contribution < 1.29 is 9.47 Å². The number of H-pyrrole nitrogens is 1. The second-order valence-corrected chi connectivity index (χ2v) is 5.13. The molecule has 6 heteroatoms. The minimum Gasteiger partial charge on any atom is -0.492 e. The van der Waals surface area contributed by atoms with Gasteiger partial charge in [-0.1, -0.05) is 0 Å². The molecule has 1 saturated heterocycles. The average Bonchev–Trinajstić information content (AvgIpc) is 2.48. The molecule has 1 aromatic heterocycles. The molecule has 0 saturated carbocycles. The Morgan fingerprint density at radius 1 is 1.38 bits per heavy atom. The molecular weight excluding hydrogens is 270 g/mol. The van der Waals surface area contributed by atoms with Gasteiger partial charge in [0.15, 0.2) is 0 Å². The van der Waals surface area contributed by atoms with Crippen LogP contribution in [0.2, 0.25) is 0 Å². The monoisotopic (exact) mass is 289 g/mol. The average molecular weight is 289 g/mol. The molecule has 0 bridgehead atoms. The maximum Gasteiger partial charge on any atom is 0.258 e. The van der Waals surface area contributed by atoms with Gasteiger partial charge in [-0.25, -0.2) is 4.98 Å². The number of rotatable bonds is 4. The van der Waals surface area contributed by atoms with Crippen molar-refractivity contribution in [3.63, 3.8) is 0 Å². The third-order valence-corrected chi connectivity index (χ3v) is 3.58. The second-order valence-electron chi connectivity index (χ2n) is 5.13. The van der Waals surface area contributed by atoms with E-state index >= 15 is 0 Å². The first-order valence-electron chi connectivity index (χ1n) is 7.16. The molecule has 0 atom stereocenters. The summed E-state index contributed by atoms with van der Waals surface area (Å²) in [5, 5.41) is 0.584. The van der Waals surface area contributed by atoms with Gasteiger partial charge in [0.2, 0.25) is 0 Å². The molecule has 1 fully saturated rings. The zero-order valence-corrected chi connectivity index (χ0v) is 12.1. The van der Waals surface area contributed by atoms with Crippen LogP contribution in [0.5, 0.6) is 5.75 Å². The van der Waals surface area contributed by atoms with E-state index in [1.54, 1.807) is 13.0 Å². The number of nitrogens with one attached hydrogen (secondary N) is 1. The molecule has 1 aliphatic rings. The van der Waals surface area contributed by atoms with E-state index in [0.717, 1.165) is 38.6 Å². The lowest BCUT2D eigenvalue weighted by atomic mass is 10.2. The molecule has 2 aromatic rings. The van der Waals surface area contributed by atoms with Gasteiger partial charge in [-0.15, -0.1) is 0 Å². The van der Waals surface area contributed by atoms with E-state index in [2.05, 4.69) is 14.9 Å². The van der Waals surface area contributed by atoms with Crippen molar-refractivity contribution in [2.45, 2.75) is 6.92 Å². The van der Waals surface area contributed by atoms with E-state index in [9.17, 15) is 4.79 Å². The van der Waals surface area contributed by atoms with Gasteiger partial charge < -0.3 is 14.5 Å². The zero-order valence-electron chi connectivity index (χ0n) is 12.1. The van der Waals surface area contributed by atoms with Crippen molar-refractivity contribution in [2.24, 2.45) is 0 Å². The standard InChI is InChI=1S/C15H19N3O3/c1-11-16-14-10-12(2-3-13(14)15(19)17-11)21-9-6-18-4-7-20-8-5-18/h2-3,10H,4-9H2,1H3,(H,16,17,19). The number of aryl methyl sites for hydroxylation is 1. The molecule has 21 heavy (non-hydrogen) atoms. The quantitative estimate of drug-likeness (QED) is 0.907. The normalized spacial score (nSPS) is 16.2. The first-order chi connectivity index (χ1) is 10.2. The summed E-state index contributed by atoms with van der Waals surface area (Å²) >= 11 is 0. The fraction of sp³-hybridized carbons (Fsp3) is 0.467. The molecule has 0 unspecified atom stereocenters. The SMILES string of the molecule is Cc1nc2cc(OCCN3CCOCC3)ccc2c(=O)[nH]1. The van der Waals surface area contributed by atoms with Crippen LogP contribution in [0.3, 0.4) is 0 Å². The van der Waals surface area contributed by atoms with Crippen LogP contribution in [0.1, 0.15) is 5.82 Å². The van der Waals surface area contributed by atoms with E-state index in [1.165, 1.54) is 0 Å². The number of aromatic amines is 1. The van der Waals surface area contributed by atoms with Crippen LogP contribution in [0.15, 0.2) is 23.0 Å². The smallest absolute Gasteiger partial charge is 0.258 e. The van der Waals surface area contributed by atoms with E-state index in [1.807, 2.05) is 12.1 Å². The molecule has 0 aliphatic carbocycles. The third kappa shape index (κ3) is 3.40. The van der Waals surface area contributed by atoms with E-state index in [0.29, 0.717) is 23.3 Å². The largest absolute Gasteiger partial charge is 0.492 e. The van der Waals surface area contributed by atoms with Gasteiger partial charge in [-0.2, -0.15) is 0 Å². The Balaban J connectivity index is 1.65. The minimum absolute atomic E-state index is 0.114. The van der Waals surface area contributed by atoms with Gasteiger partial charge in [-0.3, -0.25) is 9.69 Å². The minimum atomic E-state index is -0.114. The zero-order chi connectivity index (χ0) is 14.7. The second kappa shape index (κ2) is 6.24. The van der Waals surface area contributed by atoms with E-state index in [4.69, 9.17) is 9.47 Å². The molecule has 112 valence electrons. The molecule has 0 spiro atoms. The Bertz CT molecular complexity index is 677. The number of aromatic nitrogens is 2. The van der Waals surface area contributed by atoms with Crippen LogP contribution in [0.25, 0.3) is 10.9 Å². The number of fused-ring (bicyclic) bond motifs is 1. The van der Waals surface area contributed by atoms with Crippen LogP contribution in [-0.4, -0.2) is 54.3 Å². The summed E-state index contributed by atoms with van der Waals surface area (Å²) in [5.74, 6) is 1.35. The predicted octanol–water partition coefficient (Wildman–Crippen LogP) is 0.943. The molecule has 3 rings (SSSR count). The topological polar surface area (TPSA) is 67.5 Å². The Kier molecular flexibility index (Phi) is 4.17. The number of benzene rings is 1. The van der Waals surface area contributed by atoms with E-state index in [-0.39, 0.29) is 5.56 Å². The molecular formula is C15H19N3O3. The maximum atomic E-state index is 11.8. The molecule has 0 radical (unpaired) electrons. The van der Waals surface area contributed by atoms with Gasteiger partial charge in [0, 0.05) is 25.7 Å². The maximum absolute atomic E-state index is 11.8. The molecule has 1 aromatic carbocycles. The van der Waals surface area contributed by atoms with Crippen LogP contribution in [-0.2, 0) is 4.74 Å². The molecule has 1 aliphatic heterocycles.